The summed E-state index contributed by atoms with van der Waals surface area (Å²) >= 11 is 3.43. The third-order valence-electron chi connectivity index (χ3n) is 3.68. The second kappa shape index (κ2) is 6.52. The van der Waals surface area contributed by atoms with Crippen LogP contribution in [-0.2, 0) is 17.9 Å². The number of fused-ring (bicyclic) bond motifs is 1. The second-order valence-corrected chi connectivity index (χ2v) is 5.97. The lowest BCUT2D eigenvalue weighted by Gasteiger charge is -2.12. The van der Waals surface area contributed by atoms with Gasteiger partial charge in [-0.1, -0.05) is 28.1 Å². The van der Waals surface area contributed by atoms with Gasteiger partial charge in [-0.25, -0.2) is 9.78 Å². The molecule has 0 saturated carbocycles. The first-order valence-corrected chi connectivity index (χ1v) is 7.85. The van der Waals surface area contributed by atoms with Crippen molar-refractivity contribution in [2.24, 2.45) is 0 Å². The number of aliphatic hydroxyl groups excluding tert-OH is 1. The summed E-state index contributed by atoms with van der Waals surface area (Å²) < 4.78 is 7.63. The molecule has 0 aliphatic rings. The normalized spacial score (nSPS) is 10.9. The zero-order valence-electron chi connectivity index (χ0n) is 12.5. The Labute approximate surface area is 141 Å². The molecular formula is C17H15BrN2O3. The third kappa shape index (κ3) is 3.00. The molecule has 0 saturated heterocycles. The number of hydrogen-bond acceptors (Lipinski definition) is 4. The standard InChI is InChI=1S/C17H15BrN2O3/c1-23-17(22)13-7-6-12(18)8-11(13)9-20-15-5-3-2-4-14(15)19-16(20)10-21/h2-8,21H,9-10H2,1H3. The average molecular weight is 375 g/mol. The van der Waals surface area contributed by atoms with E-state index in [2.05, 4.69) is 20.9 Å². The van der Waals surface area contributed by atoms with E-state index in [1.165, 1.54) is 7.11 Å². The average Bonchev–Trinajstić information content (AvgIpc) is 2.92. The van der Waals surface area contributed by atoms with Crippen molar-refractivity contribution in [3.05, 3.63) is 63.9 Å². The summed E-state index contributed by atoms with van der Waals surface area (Å²) in [6.45, 7) is 0.247. The molecule has 0 aliphatic carbocycles. The van der Waals surface area contributed by atoms with E-state index in [-0.39, 0.29) is 12.6 Å². The number of methoxy groups -OCH3 is 1. The molecule has 0 bridgehead atoms. The number of imidazole rings is 1. The topological polar surface area (TPSA) is 64.3 Å². The lowest BCUT2D eigenvalue weighted by molar-refractivity contribution is 0.0599. The maximum absolute atomic E-state index is 12.0. The molecule has 0 fully saturated rings. The molecule has 0 amide bonds. The predicted octanol–water partition coefficient (Wildman–Crippen LogP) is 3.13. The van der Waals surface area contributed by atoms with Gasteiger partial charge in [0, 0.05) is 4.47 Å². The first-order valence-electron chi connectivity index (χ1n) is 7.05. The van der Waals surface area contributed by atoms with Crippen LogP contribution in [0, 0.1) is 0 Å². The van der Waals surface area contributed by atoms with E-state index in [1.807, 2.05) is 34.9 Å². The van der Waals surface area contributed by atoms with Gasteiger partial charge in [0.15, 0.2) is 0 Å². The number of aromatic nitrogens is 2. The minimum absolute atomic E-state index is 0.170. The van der Waals surface area contributed by atoms with E-state index in [4.69, 9.17) is 4.74 Å². The Morgan fingerprint density at radius 2 is 2.09 bits per heavy atom. The highest BCUT2D eigenvalue weighted by molar-refractivity contribution is 9.10. The van der Waals surface area contributed by atoms with Gasteiger partial charge in [0.1, 0.15) is 12.4 Å². The molecule has 23 heavy (non-hydrogen) atoms. The zero-order chi connectivity index (χ0) is 16.4. The minimum Gasteiger partial charge on any atom is -0.465 e. The number of carbonyl (C=O) groups is 1. The fourth-order valence-corrected chi connectivity index (χ4v) is 3.00. The number of hydrogen-bond donors (Lipinski definition) is 1. The van der Waals surface area contributed by atoms with Crippen LogP contribution in [0.15, 0.2) is 46.9 Å². The van der Waals surface area contributed by atoms with E-state index in [0.29, 0.717) is 17.9 Å². The van der Waals surface area contributed by atoms with Gasteiger partial charge < -0.3 is 14.4 Å². The van der Waals surface area contributed by atoms with Crippen molar-refractivity contribution in [1.82, 2.24) is 9.55 Å². The zero-order valence-corrected chi connectivity index (χ0v) is 14.1. The minimum atomic E-state index is -0.387. The summed E-state index contributed by atoms with van der Waals surface area (Å²) in [6, 6.07) is 13.1. The number of ether oxygens (including phenoxy) is 1. The van der Waals surface area contributed by atoms with Crippen molar-refractivity contribution in [2.75, 3.05) is 7.11 Å². The van der Waals surface area contributed by atoms with E-state index in [0.717, 1.165) is 21.1 Å². The highest BCUT2D eigenvalue weighted by Crippen LogP contribution is 2.22. The maximum Gasteiger partial charge on any atom is 0.338 e. The molecule has 6 heteroatoms. The van der Waals surface area contributed by atoms with Crippen molar-refractivity contribution < 1.29 is 14.6 Å². The van der Waals surface area contributed by atoms with Gasteiger partial charge in [0.2, 0.25) is 0 Å². The number of para-hydroxylation sites is 2. The number of halogens is 1. The van der Waals surface area contributed by atoms with Gasteiger partial charge in [0.25, 0.3) is 0 Å². The molecule has 2 aromatic carbocycles. The van der Waals surface area contributed by atoms with Crippen molar-refractivity contribution >= 4 is 32.9 Å². The summed E-state index contributed by atoms with van der Waals surface area (Å²) in [5.41, 5.74) is 3.01. The Bertz CT molecular complexity index is 873. The Balaban J connectivity index is 2.12. The van der Waals surface area contributed by atoms with E-state index < -0.39 is 0 Å². The fraction of sp³-hybridized carbons (Fsp3) is 0.176. The van der Waals surface area contributed by atoms with Crippen molar-refractivity contribution in [2.45, 2.75) is 13.2 Å². The van der Waals surface area contributed by atoms with Crippen LogP contribution >= 0.6 is 15.9 Å². The lowest BCUT2D eigenvalue weighted by Crippen LogP contribution is -2.11. The van der Waals surface area contributed by atoms with E-state index in [1.54, 1.807) is 12.1 Å². The molecule has 1 heterocycles. The lowest BCUT2D eigenvalue weighted by atomic mass is 10.1. The predicted molar refractivity (Wildman–Crippen MR) is 90.2 cm³/mol. The highest BCUT2D eigenvalue weighted by atomic mass is 79.9. The van der Waals surface area contributed by atoms with Crippen LogP contribution in [0.4, 0.5) is 0 Å². The van der Waals surface area contributed by atoms with Crippen LogP contribution in [0.25, 0.3) is 11.0 Å². The Morgan fingerprint density at radius 3 is 2.83 bits per heavy atom. The van der Waals surface area contributed by atoms with E-state index >= 15 is 0 Å². The van der Waals surface area contributed by atoms with Gasteiger partial charge in [0.05, 0.1) is 30.3 Å². The van der Waals surface area contributed by atoms with Crippen molar-refractivity contribution in [1.29, 1.82) is 0 Å². The highest BCUT2D eigenvalue weighted by Gasteiger charge is 2.16. The molecule has 3 aromatic rings. The molecule has 1 N–H and O–H groups in total. The molecule has 0 atom stereocenters. The summed E-state index contributed by atoms with van der Waals surface area (Å²) in [6.07, 6.45) is 0. The summed E-state index contributed by atoms with van der Waals surface area (Å²) in [5, 5.41) is 9.59. The second-order valence-electron chi connectivity index (χ2n) is 5.05. The molecule has 0 aliphatic heterocycles. The van der Waals surface area contributed by atoms with Crippen LogP contribution in [0.5, 0.6) is 0 Å². The van der Waals surface area contributed by atoms with Crippen molar-refractivity contribution in [3.8, 4) is 0 Å². The van der Waals surface area contributed by atoms with Gasteiger partial charge in [-0.3, -0.25) is 0 Å². The first kappa shape index (κ1) is 15.7. The number of nitrogens with zero attached hydrogens (tertiary/aromatic N) is 2. The van der Waals surface area contributed by atoms with E-state index in [9.17, 15) is 9.90 Å². The number of rotatable bonds is 4. The molecular weight excluding hydrogens is 360 g/mol. The molecule has 0 spiro atoms. The Kier molecular flexibility index (Phi) is 4.45. The number of benzene rings is 2. The maximum atomic E-state index is 12.0. The monoisotopic (exact) mass is 374 g/mol. The van der Waals surface area contributed by atoms with Crippen LogP contribution in [0.1, 0.15) is 21.7 Å². The first-order chi connectivity index (χ1) is 11.1. The molecule has 1 aromatic heterocycles. The fourth-order valence-electron chi connectivity index (χ4n) is 2.60. The van der Waals surface area contributed by atoms with Gasteiger partial charge >= 0.3 is 5.97 Å². The molecule has 0 unspecified atom stereocenters. The van der Waals surface area contributed by atoms with Crippen LogP contribution < -0.4 is 0 Å². The summed E-state index contributed by atoms with van der Waals surface area (Å²) in [7, 11) is 1.36. The van der Waals surface area contributed by atoms with Crippen LogP contribution in [-0.4, -0.2) is 27.7 Å². The van der Waals surface area contributed by atoms with Crippen LogP contribution in [0.3, 0.4) is 0 Å². The number of aliphatic hydroxyl groups is 1. The van der Waals surface area contributed by atoms with Gasteiger partial charge in [-0.05, 0) is 35.9 Å². The van der Waals surface area contributed by atoms with Crippen molar-refractivity contribution in [3.63, 3.8) is 0 Å². The van der Waals surface area contributed by atoms with Gasteiger partial charge in [-0.15, -0.1) is 0 Å². The number of esters is 1. The SMILES string of the molecule is COC(=O)c1ccc(Br)cc1Cn1c(CO)nc2ccccc21. The quantitative estimate of drug-likeness (QED) is 0.712. The number of carbonyl (C=O) groups excluding carboxylic acids is 1. The molecule has 3 rings (SSSR count). The largest absolute Gasteiger partial charge is 0.465 e. The summed E-state index contributed by atoms with van der Waals surface area (Å²) in [4.78, 5) is 16.4. The van der Waals surface area contributed by atoms with Crippen LogP contribution in [0.2, 0.25) is 0 Å². The molecule has 118 valence electrons. The Morgan fingerprint density at radius 1 is 1.30 bits per heavy atom. The smallest absolute Gasteiger partial charge is 0.338 e. The molecule has 5 nitrogen and oxygen atoms in total. The summed E-state index contributed by atoms with van der Waals surface area (Å²) in [5.74, 6) is 0.171. The molecule has 0 radical (unpaired) electrons. The van der Waals surface area contributed by atoms with Gasteiger partial charge in [-0.2, -0.15) is 0 Å². The Hall–Kier alpha value is -2.18. The third-order valence-corrected chi connectivity index (χ3v) is 4.17.